The van der Waals surface area contributed by atoms with Gasteiger partial charge in [-0.1, -0.05) is 12.8 Å². The van der Waals surface area contributed by atoms with Crippen molar-refractivity contribution in [2.24, 2.45) is 11.8 Å². The molecule has 1 saturated carbocycles. The van der Waals surface area contributed by atoms with Gasteiger partial charge in [0.2, 0.25) is 0 Å². The van der Waals surface area contributed by atoms with Gasteiger partial charge in [-0.05, 0) is 12.8 Å². The molecular formula is C8H10O6. The summed E-state index contributed by atoms with van der Waals surface area (Å²) in [5.41, 5.74) is 0. The third-order valence-corrected chi connectivity index (χ3v) is 2.63. The van der Waals surface area contributed by atoms with E-state index in [1.165, 1.54) is 0 Å². The Kier molecular flexibility index (Phi) is 2.64. The van der Waals surface area contributed by atoms with Gasteiger partial charge >= 0.3 is 11.9 Å². The molecule has 1 aliphatic carbocycles. The highest BCUT2D eigenvalue weighted by molar-refractivity contribution is 5.81. The Balaban J connectivity index is 2.14. The number of carbonyl (C=O) groups is 2. The molecule has 0 bridgehead atoms. The summed E-state index contributed by atoms with van der Waals surface area (Å²) in [6.07, 6.45) is 3.07. The second kappa shape index (κ2) is 3.93. The normalized spacial score (nSPS) is 33.4. The van der Waals surface area contributed by atoms with Gasteiger partial charge in [0.15, 0.2) is 0 Å². The minimum Gasteiger partial charge on any atom is -0.266 e. The summed E-state index contributed by atoms with van der Waals surface area (Å²) in [4.78, 5) is 31.1. The van der Waals surface area contributed by atoms with Crippen LogP contribution in [0.3, 0.4) is 0 Å². The van der Waals surface area contributed by atoms with Crippen molar-refractivity contribution < 1.29 is 29.4 Å². The topological polar surface area (TPSA) is 71.1 Å². The van der Waals surface area contributed by atoms with Crippen LogP contribution in [0, 0.1) is 11.8 Å². The third kappa shape index (κ3) is 1.71. The Morgan fingerprint density at radius 2 is 1.29 bits per heavy atom. The van der Waals surface area contributed by atoms with Crippen LogP contribution in [0.1, 0.15) is 25.7 Å². The van der Waals surface area contributed by atoms with E-state index in [4.69, 9.17) is 0 Å². The van der Waals surface area contributed by atoms with Crippen molar-refractivity contribution in [2.45, 2.75) is 25.7 Å². The third-order valence-electron chi connectivity index (χ3n) is 2.63. The molecular weight excluding hydrogens is 192 g/mol. The van der Waals surface area contributed by atoms with Crippen molar-refractivity contribution in [3.63, 3.8) is 0 Å². The first-order valence-electron chi connectivity index (χ1n) is 4.54. The van der Waals surface area contributed by atoms with E-state index in [0.717, 1.165) is 12.8 Å². The first kappa shape index (κ1) is 9.42. The van der Waals surface area contributed by atoms with E-state index in [-0.39, 0.29) is 0 Å². The zero-order valence-corrected chi connectivity index (χ0v) is 7.43. The molecule has 1 aliphatic heterocycles. The Morgan fingerprint density at radius 1 is 0.857 bits per heavy atom. The second-order valence-corrected chi connectivity index (χ2v) is 3.44. The average Bonchev–Trinajstić information content (AvgIpc) is 2.22. The summed E-state index contributed by atoms with van der Waals surface area (Å²) < 4.78 is 0. The molecule has 2 atom stereocenters. The molecule has 1 heterocycles. The van der Waals surface area contributed by atoms with Crippen LogP contribution in [-0.2, 0) is 29.4 Å². The Morgan fingerprint density at radius 3 is 1.71 bits per heavy atom. The van der Waals surface area contributed by atoms with Crippen molar-refractivity contribution in [3.05, 3.63) is 0 Å². The largest absolute Gasteiger partial charge is 0.349 e. The van der Waals surface area contributed by atoms with Gasteiger partial charge in [0.25, 0.3) is 0 Å². The smallest absolute Gasteiger partial charge is 0.266 e. The molecule has 2 aliphatic rings. The molecule has 0 aromatic rings. The van der Waals surface area contributed by atoms with Gasteiger partial charge in [-0.15, -0.1) is 0 Å². The molecule has 78 valence electrons. The van der Waals surface area contributed by atoms with Gasteiger partial charge in [-0.2, -0.15) is 0 Å². The van der Waals surface area contributed by atoms with E-state index in [9.17, 15) is 9.59 Å². The van der Waals surface area contributed by atoms with Crippen LogP contribution in [-0.4, -0.2) is 11.9 Å². The van der Waals surface area contributed by atoms with Crippen LogP contribution >= 0.6 is 0 Å². The summed E-state index contributed by atoms with van der Waals surface area (Å²) in [6, 6.07) is 0. The van der Waals surface area contributed by atoms with Gasteiger partial charge < -0.3 is 0 Å². The molecule has 0 aromatic carbocycles. The maximum Gasteiger partial charge on any atom is 0.349 e. The first-order chi connectivity index (χ1) is 6.79. The lowest BCUT2D eigenvalue weighted by molar-refractivity contribution is -0.604. The van der Waals surface area contributed by atoms with Crippen LogP contribution in [0.4, 0.5) is 0 Å². The highest BCUT2D eigenvalue weighted by Crippen LogP contribution is 2.32. The molecule has 0 N–H and O–H groups in total. The molecule has 1 saturated heterocycles. The Labute approximate surface area is 79.8 Å². The molecule has 0 aromatic heterocycles. The lowest BCUT2D eigenvalue weighted by atomic mass is 9.79. The predicted molar refractivity (Wildman–Crippen MR) is 39.8 cm³/mol. The molecule has 14 heavy (non-hydrogen) atoms. The summed E-state index contributed by atoms with van der Waals surface area (Å²) in [6.45, 7) is 0. The number of hydrogen-bond acceptors (Lipinski definition) is 6. The van der Waals surface area contributed by atoms with Gasteiger partial charge in [0, 0.05) is 10.1 Å². The summed E-state index contributed by atoms with van der Waals surface area (Å²) in [5, 5.41) is 7.83. The first-order valence-corrected chi connectivity index (χ1v) is 4.54. The van der Waals surface area contributed by atoms with Crippen molar-refractivity contribution in [3.8, 4) is 0 Å². The number of fused-ring (bicyclic) bond motifs is 1. The van der Waals surface area contributed by atoms with Gasteiger partial charge in [-0.3, -0.25) is 9.78 Å². The van der Waals surface area contributed by atoms with Gasteiger partial charge in [0.05, 0.1) is 11.8 Å². The molecule has 0 radical (unpaired) electrons. The lowest BCUT2D eigenvalue weighted by Crippen LogP contribution is -2.37. The molecule has 6 nitrogen and oxygen atoms in total. The van der Waals surface area contributed by atoms with Crippen LogP contribution < -0.4 is 0 Å². The van der Waals surface area contributed by atoms with E-state index in [0.29, 0.717) is 12.8 Å². The molecule has 0 spiro atoms. The monoisotopic (exact) mass is 202 g/mol. The van der Waals surface area contributed by atoms with Crippen LogP contribution in [0.15, 0.2) is 0 Å². The van der Waals surface area contributed by atoms with E-state index in [2.05, 4.69) is 19.9 Å². The highest BCUT2D eigenvalue weighted by Gasteiger charge is 2.40. The van der Waals surface area contributed by atoms with Crippen molar-refractivity contribution in [1.29, 1.82) is 0 Å². The van der Waals surface area contributed by atoms with Gasteiger partial charge in [-0.25, -0.2) is 9.59 Å². The van der Waals surface area contributed by atoms with Crippen LogP contribution in [0.25, 0.3) is 0 Å². The van der Waals surface area contributed by atoms with Crippen LogP contribution in [0.2, 0.25) is 0 Å². The van der Waals surface area contributed by atoms with Crippen molar-refractivity contribution in [1.82, 2.24) is 0 Å². The van der Waals surface area contributed by atoms with E-state index < -0.39 is 23.8 Å². The lowest BCUT2D eigenvalue weighted by Gasteiger charge is -2.27. The van der Waals surface area contributed by atoms with Crippen LogP contribution in [0.5, 0.6) is 0 Å². The fourth-order valence-electron chi connectivity index (χ4n) is 1.91. The number of hydrogen-bond donors (Lipinski definition) is 0. The number of carbonyl (C=O) groups excluding carboxylic acids is 2. The highest BCUT2D eigenvalue weighted by atomic mass is 17.7. The summed E-state index contributed by atoms with van der Waals surface area (Å²) >= 11 is 0. The summed E-state index contributed by atoms with van der Waals surface area (Å²) in [5.74, 6) is -2.04. The fraction of sp³-hybridized carbons (Fsp3) is 0.750. The Bertz CT molecular complexity index is 224. The van der Waals surface area contributed by atoms with Crippen molar-refractivity contribution >= 4 is 11.9 Å². The van der Waals surface area contributed by atoms with E-state index in [1.807, 2.05) is 0 Å². The Hall–Kier alpha value is -1.14. The maximum absolute atomic E-state index is 11.3. The zero-order valence-electron chi connectivity index (χ0n) is 7.43. The molecule has 6 heteroatoms. The SMILES string of the molecule is O=C1OOOOC(=O)C2CCCCC12. The standard InChI is InChI=1S/C8H10O6/c9-7-5-3-1-2-4-6(5)8(10)12-14-13-11-7/h5-6H,1-4H2. The molecule has 2 rings (SSSR count). The second-order valence-electron chi connectivity index (χ2n) is 3.44. The minimum absolute atomic E-state index is 0.458. The molecule has 2 unspecified atom stereocenters. The predicted octanol–water partition coefficient (Wildman–Crippen LogP) is 0.671. The van der Waals surface area contributed by atoms with Gasteiger partial charge in [0.1, 0.15) is 0 Å². The van der Waals surface area contributed by atoms with E-state index in [1.54, 1.807) is 0 Å². The quantitative estimate of drug-likeness (QED) is 0.537. The zero-order chi connectivity index (χ0) is 9.97. The average molecular weight is 202 g/mol. The molecule has 2 fully saturated rings. The summed E-state index contributed by atoms with van der Waals surface area (Å²) in [7, 11) is 0. The van der Waals surface area contributed by atoms with Crippen molar-refractivity contribution in [2.75, 3.05) is 0 Å². The maximum atomic E-state index is 11.3. The molecule has 0 amide bonds. The fourth-order valence-corrected chi connectivity index (χ4v) is 1.91. The van der Waals surface area contributed by atoms with E-state index >= 15 is 0 Å². The number of rotatable bonds is 0. The minimum atomic E-state index is -0.564.